The predicted molar refractivity (Wildman–Crippen MR) is 72.8 cm³/mol. The van der Waals surface area contributed by atoms with Crippen molar-refractivity contribution >= 4 is 16.0 Å². The first kappa shape index (κ1) is 15.7. The average Bonchev–Trinajstić information content (AvgIpc) is 2.25. The summed E-state index contributed by atoms with van der Waals surface area (Å²) < 4.78 is 26.8. The SMILES string of the molecule is Cc1c(C(=O)O)cccc1S(=O)(=O)NCC(C)(C)C. The molecular weight excluding hydrogens is 266 g/mol. The molecule has 0 bridgehead atoms. The maximum absolute atomic E-state index is 12.2. The molecule has 0 aliphatic rings. The molecule has 0 aliphatic carbocycles. The van der Waals surface area contributed by atoms with Gasteiger partial charge in [-0.3, -0.25) is 0 Å². The topological polar surface area (TPSA) is 83.5 Å². The van der Waals surface area contributed by atoms with Crippen LogP contribution in [-0.4, -0.2) is 26.0 Å². The summed E-state index contributed by atoms with van der Waals surface area (Å²) in [5, 5.41) is 9.00. The largest absolute Gasteiger partial charge is 0.478 e. The lowest BCUT2D eigenvalue weighted by Gasteiger charge is -2.19. The van der Waals surface area contributed by atoms with Crippen LogP contribution >= 0.6 is 0 Å². The Kier molecular flexibility index (Phi) is 4.37. The van der Waals surface area contributed by atoms with Crippen LogP contribution in [0.4, 0.5) is 0 Å². The third-order valence-electron chi connectivity index (χ3n) is 2.60. The summed E-state index contributed by atoms with van der Waals surface area (Å²) in [5.74, 6) is -1.13. The van der Waals surface area contributed by atoms with Gasteiger partial charge in [-0.1, -0.05) is 26.8 Å². The van der Waals surface area contributed by atoms with Gasteiger partial charge < -0.3 is 5.11 Å². The predicted octanol–water partition coefficient (Wildman–Crippen LogP) is 2.02. The van der Waals surface area contributed by atoms with E-state index in [1.165, 1.54) is 25.1 Å². The first-order valence-electron chi connectivity index (χ1n) is 5.87. The van der Waals surface area contributed by atoms with Crippen LogP contribution in [0.15, 0.2) is 23.1 Å². The maximum atomic E-state index is 12.2. The normalized spacial score (nSPS) is 12.4. The van der Waals surface area contributed by atoms with Crippen LogP contribution < -0.4 is 4.72 Å². The van der Waals surface area contributed by atoms with E-state index in [0.29, 0.717) is 0 Å². The van der Waals surface area contributed by atoms with Gasteiger partial charge in [0.2, 0.25) is 10.0 Å². The molecule has 19 heavy (non-hydrogen) atoms. The zero-order valence-corrected chi connectivity index (χ0v) is 12.3. The minimum Gasteiger partial charge on any atom is -0.478 e. The molecule has 0 atom stereocenters. The van der Waals surface area contributed by atoms with Gasteiger partial charge >= 0.3 is 5.97 Å². The Morgan fingerprint density at radius 1 is 1.32 bits per heavy atom. The van der Waals surface area contributed by atoms with Crippen molar-refractivity contribution in [1.82, 2.24) is 4.72 Å². The van der Waals surface area contributed by atoms with E-state index >= 15 is 0 Å². The fraction of sp³-hybridized carbons (Fsp3) is 0.462. The van der Waals surface area contributed by atoms with Gasteiger partial charge in [0, 0.05) is 6.54 Å². The van der Waals surface area contributed by atoms with Gasteiger partial charge in [-0.15, -0.1) is 0 Å². The number of hydrogen-bond donors (Lipinski definition) is 2. The second-order valence-corrected chi connectivity index (χ2v) is 7.35. The zero-order chi connectivity index (χ0) is 14.8. The molecule has 0 heterocycles. The van der Waals surface area contributed by atoms with E-state index in [0.717, 1.165) is 0 Å². The molecule has 0 fully saturated rings. The van der Waals surface area contributed by atoms with Gasteiger partial charge in [0.15, 0.2) is 0 Å². The maximum Gasteiger partial charge on any atom is 0.335 e. The highest BCUT2D eigenvalue weighted by Gasteiger charge is 2.22. The van der Waals surface area contributed by atoms with Gasteiger partial charge in [-0.2, -0.15) is 0 Å². The molecule has 0 unspecified atom stereocenters. The van der Waals surface area contributed by atoms with Crippen molar-refractivity contribution in [1.29, 1.82) is 0 Å². The Balaban J connectivity index is 3.16. The number of aromatic carboxylic acids is 1. The average molecular weight is 285 g/mol. The summed E-state index contributed by atoms with van der Waals surface area (Å²) in [7, 11) is -3.69. The lowest BCUT2D eigenvalue weighted by atomic mass is 9.98. The Morgan fingerprint density at radius 2 is 1.89 bits per heavy atom. The van der Waals surface area contributed by atoms with E-state index in [9.17, 15) is 13.2 Å². The molecule has 106 valence electrons. The summed E-state index contributed by atoms with van der Waals surface area (Å²) >= 11 is 0. The molecule has 1 aromatic rings. The van der Waals surface area contributed by atoms with Crippen molar-refractivity contribution in [3.63, 3.8) is 0 Å². The Labute approximate surface area is 113 Å². The summed E-state index contributed by atoms with van der Waals surface area (Å²) in [6.45, 7) is 7.52. The first-order valence-corrected chi connectivity index (χ1v) is 7.35. The zero-order valence-electron chi connectivity index (χ0n) is 11.5. The molecule has 0 spiro atoms. The van der Waals surface area contributed by atoms with E-state index in [-0.39, 0.29) is 28.0 Å². The fourth-order valence-electron chi connectivity index (χ4n) is 1.53. The van der Waals surface area contributed by atoms with Gasteiger partial charge in [0.1, 0.15) is 0 Å². The Hall–Kier alpha value is -1.40. The number of carbonyl (C=O) groups is 1. The van der Waals surface area contributed by atoms with E-state index in [4.69, 9.17) is 5.11 Å². The van der Waals surface area contributed by atoms with Crippen LogP contribution in [0.1, 0.15) is 36.7 Å². The van der Waals surface area contributed by atoms with Crippen LogP contribution in [-0.2, 0) is 10.0 Å². The van der Waals surface area contributed by atoms with Crippen LogP contribution in [0, 0.1) is 12.3 Å². The Bertz CT molecular complexity index is 585. The van der Waals surface area contributed by atoms with Gasteiger partial charge in [0.05, 0.1) is 10.5 Å². The number of hydrogen-bond acceptors (Lipinski definition) is 3. The lowest BCUT2D eigenvalue weighted by Crippen LogP contribution is -2.32. The number of carboxylic acid groups (broad SMARTS) is 1. The van der Waals surface area contributed by atoms with Crippen molar-refractivity contribution < 1.29 is 18.3 Å². The standard InChI is InChI=1S/C13H19NO4S/c1-9-10(12(15)16)6-5-7-11(9)19(17,18)14-8-13(2,3)4/h5-7,14H,8H2,1-4H3,(H,15,16). The fourth-order valence-corrected chi connectivity index (χ4v) is 3.08. The molecule has 5 nitrogen and oxygen atoms in total. The molecule has 6 heteroatoms. The molecule has 0 radical (unpaired) electrons. The van der Waals surface area contributed by atoms with E-state index in [1.54, 1.807) is 0 Å². The van der Waals surface area contributed by atoms with Gasteiger partial charge in [-0.05, 0) is 30.0 Å². The molecule has 0 saturated carbocycles. The molecule has 2 N–H and O–H groups in total. The third-order valence-corrected chi connectivity index (χ3v) is 4.14. The second kappa shape index (κ2) is 5.30. The van der Waals surface area contributed by atoms with Gasteiger partial charge in [0.25, 0.3) is 0 Å². The minimum absolute atomic E-state index is 0.00127. The smallest absolute Gasteiger partial charge is 0.335 e. The number of carboxylic acids is 1. The molecule has 1 rings (SSSR count). The minimum atomic E-state index is -3.69. The summed E-state index contributed by atoms with van der Waals surface area (Å²) in [4.78, 5) is 11.0. The summed E-state index contributed by atoms with van der Waals surface area (Å²) in [6, 6.07) is 4.23. The number of rotatable bonds is 4. The lowest BCUT2D eigenvalue weighted by molar-refractivity contribution is 0.0696. The van der Waals surface area contributed by atoms with Crippen LogP contribution in [0.5, 0.6) is 0 Å². The molecule has 1 aromatic carbocycles. The van der Waals surface area contributed by atoms with Crippen molar-refractivity contribution in [3.8, 4) is 0 Å². The van der Waals surface area contributed by atoms with Crippen molar-refractivity contribution in [2.24, 2.45) is 5.41 Å². The van der Waals surface area contributed by atoms with Crippen LogP contribution in [0.2, 0.25) is 0 Å². The summed E-state index contributed by atoms with van der Waals surface area (Å²) in [6.07, 6.45) is 0. The summed E-state index contributed by atoms with van der Waals surface area (Å²) in [5.41, 5.74) is 0.0563. The van der Waals surface area contributed by atoms with Crippen molar-refractivity contribution in [2.45, 2.75) is 32.6 Å². The monoisotopic (exact) mass is 285 g/mol. The van der Waals surface area contributed by atoms with E-state index in [2.05, 4.69) is 4.72 Å². The molecule has 0 aliphatic heterocycles. The van der Waals surface area contributed by atoms with Crippen LogP contribution in [0.3, 0.4) is 0 Å². The van der Waals surface area contributed by atoms with Crippen LogP contribution in [0.25, 0.3) is 0 Å². The highest BCUT2D eigenvalue weighted by Crippen LogP contribution is 2.20. The number of sulfonamides is 1. The Morgan fingerprint density at radius 3 is 2.37 bits per heavy atom. The first-order chi connectivity index (χ1) is 8.54. The highest BCUT2D eigenvalue weighted by molar-refractivity contribution is 7.89. The number of benzene rings is 1. The van der Waals surface area contributed by atoms with Gasteiger partial charge in [-0.25, -0.2) is 17.9 Å². The number of nitrogens with one attached hydrogen (secondary N) is 1. The molecule has 0 amide bonds. The quantitative estimate of drug-likeness (QED) is 0.886. The third kappa shape index (κ3) is 4.04. The molecule has 0 saturated heterocycles. The van der Waals surface area contributed by atoms with Crippen molar-refractivity contribution in [2.75, 3.05) is 6.54 Å². The van der Waals surface area contributed by atoms with E-state index < -0.39 is 16.0 Å². The highest BCUT2D eigenvalue weighted by atomic mass is 32.2. The van der Waals surface area contributed by atoms with E-state index in [1.807, 2.05) is 20.8 Å². The molecular formula is C13H19NO4S. The molecule has 0 aromatic heterocycles. The van der Waals surface area contributed by atoms with Crippen molar-refractivity contribution in [3.05, 3.63) is 29.3 Å². The second-order valence-electron chi connectivity index (χ2n) is 5.62.